The summed E-state index contributed by atoms with van der Waals surface area (Å²) in [7, 11) is -2.03. The topological polar surface area (TPSA) is 176 Å². The molecule has 0 saturated heterocycles. The molecule has 0 unspecified atom stereocenters. The predicted octanol–water partition coefficient (Wildman–Crippen LogP) is 4.96. The van der Waals surface area contributed by atoms with Gasteiger partial charge in [0.1, 0.15) is 5.01 Å². The van der Waals surface area contributed by atoms with E-state index in [1.807, 2.05) is 6.07 Å². The highest BCUT2D eigenvalue weighted by molar-refractivity contribution is 7.93. The normalized spacial score (nSPS) is 16.5. The third kappa shape index (κ3) is 8.42. The highest BCUT2D eigenvalue weighted by Gasteiger charge is 2.27. The van der Waals surface area contributed by atoms with Gasteiger partial charge in [-0.25, -0.2) is 8.42 Å². The number of rotatable bonds is 12. The molecule has 45 heavy (non-hydrogen) atoms. The van der Waals surface area contributed by atoms with Crippen LogP contribution in [0.2, 0.25) is 0 Å². The summed E-state index contributed by atoms with van der Waals surface area (Å²) in [5.74, 6) is 1.67. The molecule has 2 heterocycles. The number of aromatic nitrogens is 5. The SMILES string of the molecule is CNc1nc(NCc2cccc(C)c2C)nc(NCC2CCC(C(=O)Nc3ccc(S(=O)(=O)Nc4nnc(C)s4)cc3)CC2)n1. The van der Waals surface area contributed by atoms with E-state index in [2.05, 4.69) is 77.1 Å². The largest absolute Gasteiger partial charge is 0.357 e. The second-order valence-electron chi connectivity index (χ2n) is 11.1. The van der Waals surface area contributed by atoms with Crippen molar-refractivity contribution in [2.24, 2.45) is 11.8 Å². The zero-order valence-corrected chi connectivity index (χ0v) is 27.3. The zero-order valence-electron chi connectivity index (χ0n) is 25.7. The van der Waals surface area contributed by atoms with Gasteiger partial charge < -0.3 is 21.3 Å². The van der Waals surface area contributed by atoms with Crippen molar-refractivity contribution in [3.05, 3.63) is 64.2 Å². The molecule has 0 spiro atoms. The third-order valence-corrected chi connectivity index (χ3v) is 10.2. The second kappa shape index (κ2) is 14.2. The monoisotopic (exact) mass is 650 g/mol. The van der Waals surface area contributed by atoms with Crippen molar-refractivity contribution >= 4 is 55.9 Å². The van der Waals surface area contributed by atoms with Crippen molar-refractivity contribution in [2.75, 3.05) is 39.6 Å². The number of nitrogens with zero attached hydrogens (tertiary/aromatic N) is 5. The van der Waals surface area contributed by atoms with Crippen molar-refractivity contribution < 1.29 is 13.2 Å². The van der Waals surface area contributed by atoms with Gasteiger partial charge in [-0.05, 0) is 93.3 Å². The molecule has 1 aliphatic rings. The molecule has 5 rings (SSSR count). The van der Waals surface area contributed by atoms with Crippen molar-refractivity contribution in [2.45, 2.75) is 57.9 Å². The molecule has 13 nitrogen and oxygen atoms in total. The molecule has 5 N–H and O–H groups in total. The highest BCUT2D eigenvalue weighted by Crippen LogP contribution is 2.30. The van der Waals surface area contributed by atoms with Crippen LogP contribution in [0, 0.1) is 32.6 Å². The number of anilines is 5. The number of amides is 1. The number of aryl methyl sites for hydroxylation is 2. The van der Waals surface area contributed by atoms with E-state index in [0.29, 0.717) is 47.5 Å². The van der Waals surface area contributed by atoms with Crippen molar-refractivity contribution in [3.8, 4) is 0 Å². The molecule has 2 aromatic heterocycles. The molecular weight excluding hydrogens is 613 g/mol. The van der Waals surface area contributed by atoms with Crippen LogP contribution in [-0.4, -0.2) is 53.1 Å². The van der Waals surface area contributed by atoms with Gasteiger partial charge in [0.05, 0.1) is 4.90 Å². The van der Waals surface area contributed by atoms with Gasteiger partial charge in [0.15, 0.2) is 0 Å². The molecule has 238 valence electrons. The number of benzene rings is 2. The molecular formula is C30H38N10O3S2. The maximum absolute atomic E-state index is 13.0. The first-order valence-corrected chi connectivity index (χ1v) is 17.1. The number of carbonyl (C=O) groups excluding carboxylic acids is 1. The number of sulfonamides is 1. The van der Waals surface area contributed by atoms with Crippen LogP contribution in [0.1, 0.15) is 47.4 Å². The first-order chi connectivity index (χ1) is 21.6. The summed E-state index contributed by atoms with van der Waals surface area (Å²) in [6.45, 7) is 7.26. The molecule has 1 saturated carbocycles. The fraction of sp³-hybridized carbons (Fsp3) is 0.400. The van der Waals surface area contributed by atoms with Crippen LogP contribution in [0.15, 0.2) is 47.4 Å². The number of hydrogen-bond acceptors (Lipinski definition) is 12. The van der Waals surface area contributed by atoms with Gasteiger partial charge in [0, 0.05) is 31.7 Å². The van der Waals surface area contributed by atoms with Crippen LogP contribution in [0.4, 0.5) is 28.7 Å². The van der Waals surface area contributed by atoms with Gasteiger partial charge in [-0.1, -0.05) is 29.5 Å². The summed E-state index contributed by atoms with van der Waals surface area (Å²) in [5, 5.41) is 21.1. The van der Waals surface area contributed by atoms with E-state index in [1.54, 1.807) is 26.1 Å². The standard InChI is InChI=1S/C30H38N10O3S2/c1-18-6-5-7-23(19(18)2)17-33-29-36-27(31-4)35-28(37-29)32-16-21-8-10-22(11-9-21)26(41)34-24-12-14-25(15-13-24)45(42,43)40-30-39-38-20(3)44-30/h5-7,12-15,21-22H,8-11,16-17H2,1-4H3,(H,34,41)(H,39,40)(H3,31,32,33,35,36,37). The lowest BCUT2D eigenvalue weighted by molar-refractivity contribution is -0.121. The summed E-state index contributed by atoms with van der Waals surface area (Å²) < 4.78 is 27.7. The maximum Gasteiger partial charge on any atom is 0.263 e. The Morgan fingerprint density at radius 2 is 1.58 bits per heavy atom. The van der Waals surface area contributed by atoms with Crippen molar-refractivity contribution in [1.82, 2.24) is 25.1 Å². The van der Waals surface area contributed by atoms with Crippen LogP contribution in [0.25, 0.3) is 0 Å². The molecule has 0 aliphatic heterocycles. The Morgan fingerprint density at radius 1 is 0.889 bits per heavy atom. The van der Waals surface area contributed by atoms with E-state index in [4.69, 9.17) is 0 Å². The Bertz CT molecular complexity index is 1740. The van der Waals surface area contributed by atoms with Crippen molar-refractivity contribution in [1.29, 1.82) is 0 Å². The molecule has 4 aromatic rings. The van der Waals surface area contributed by atoms with Gasteiger partial charge in [-0.2, -0.15) is 15.0 Å². The van der Waals surface area contributed by atoms with Gasteiger partial charge in [-0.15, -0.1) is 10.2 Å². The summed E-state index contributed by atoms with van der Waals surface area (Å²) in [4.78, 5) is 26.5. The first kappa shape index (κ1) is 32.0. The molecule has 1 fully saturated rings. The Balaban J connectivity index is 1.09. The smallest absolute Gasteiger partial charge is 0.263 e. The predicted molar refractivity (Wildman–Crippen MR) is 177 cm³/mol. The lowest BCUT2D eigenvalue weighted by Crippen LogP contribution is -2.29. The molecule has 2 aromatic carbocycles. The molecule has 0 radical (unpaired) electrons. The van der Waals surface area contributed by atoms with Gasteiger partial charge in [0.25, 0.3) is 10.0 Å². The average molecular weight is 651 g/mol. The van der Waals surface area contributed by atoms with Gasteiger partial charge >= 0.3 is 0 Å². The van der Waals surface area contributed by atoms with Crippen LogP contribution < -0.4 is 26.0 Å². The van der Waals surface area contributed by atoms with Gasteiger partial charge in [-0.3, -0.25) is 9.52 Å². The zero-order chi connectivity index (χ0) is 32.0. The van der Waals surface area contributed by atoms with Gasteiger partial charge in [0.2, 0.25) is 28.9 Å². The van der Waals surface area contributed by atoms with E-state index in [1.165, 1.54) is 28.8 Å². The first-order valence-electron chi connectivity index (χ1n) is 14.8. The Kier molecular flexibility index (Phi) is 10.1. The molecule has 1 aliphatic carbocycles. The van der Waals surface area contributed by atoms with E-state index in [9.17, 15) is 13.2 Å². The number of hydrogen-bond donors (Lipinski definition) is 5. The molecule has 1 amide bonds. The van der Waals surface area contributed by atoms with E-state index in [0.717, 1.165) is 37.0 Å². The fourth-order valence-electron chi connectivity index (χ4n) is 5.16. The fourth-order valence-corrected chi connectivity index (χ4v) is 6.98. The Hall–Kier alpha value is -4.37. The van der Waals surface area contributed by atoms with Crippen molar-refractivity contribution in [3.63, 3.8) is 0 Å². The van der Waals surface area contributed by atoms with Crippen LogP contribution in [0.3, 0.4) is 0 Å². The quantitative estimate of drug-likeness (QED) is 0.140. The lowest BCUT2D eigenvalue weighted by Gasteiger charge is -2.28. The summed E-state index contributed by atoms with van der Waals surface area (Å²) in [6, 6.07) is 12.3. The highest BCUT2D eigenvalue weighted by atomic mass is 32.2. The van der Waals surface area contributed by atoms with E-state index in [-0.39, 0.29) is 21.9 Å². The van der Waals surface area contributed by atoms with E-state index >= 15 is 0 Å². The summed E-state index contributed by atoms with van der Waals surface area (Å²) in [6.07, 6.45) is 3.30. The minimum Gasteiger partial charge on any atom is -0.357 e. The van der Waals surface area contributed by atoms with E-state index < -0.39 is 10.0 Å². The summed E-state index contributed by atoms with van der Waals surface area (Å²) in [5.41, 5.74) is 4.22. The second-order valence-corrected chi connectivity index (χ2v) is 14.0. The average Bonchev–Trinajstić information content (AvgIpc) is 3.44. The third-order valence-electron chi connectivity index (χ3n) is 7.96. The Labute approximate surface area is 267 Å². The maximum atomic E-state index is 13.0. The number of nitrogens with one attached hydrogen (secondary N) is 5. The summed E-state index contributed by atoms with van der Waals surface area (Å²) >= 11 is 1.15. The minimum atomic E-state index is -3.80. The molecule has 15 heteroatoms. The van der Waals surface area contributed by atoms with Crippen LogP contribution in [-0.2, 0) is 21.4 Å². The lowest BCUT2D eigenvalue weighted by atomic mass is 9.81. The molecule has 0 atom stereocenters. The number of carbonyl (C=O) groups is 1. The Morgan fingerprint density at radius 3 is 2.24 bits per heavy atom. The molecule has 0 bridgehead atoms. The van der Waals surface area contributed by atoms with Crippen LogP contribution in [0.5, 0.6) is 0 Å². The minimum absolute atomic E-state index is 0.0600. The van der Waals surface area contributed by atoms with Crippen LogP contribution >= 0.6 is 11.3 Å².